The van der Waals surface area contributed by atoms with Gasteiger partial charge in [0.2, 0.25) is 5.91 Å². The van der Waals surface area contributed by atoms with Crippen LogP contribution in [-0.4, -0.2) is 35.7 Å². The van der Waals surface area contributed by atoms with E-state index < -0.39 is 11.5 Å². The van der Waals surface area contributed by atoms with Gasteiger partial charge >= 0.3 is 5.97 Å². The third kappa shape index (κ3) is 5.50. The summed E-state index contributed by atoms with van der Waals surface area (Å²) in [5.74, 6) is -0.524. The van der Waals surface area contributed by atoms with Gasteiger partial charge in [0.25, 0.3) is 0 Å². The van der Waals surface area contributed by atoms with E-state index in [0.29, 0.717) is 44.8 Å². The zero-order valence-corrected chi connectivity index (χ0v) is 12.9. The molecule has 1 aliphatic rings. The zero-order valence-electron chi connectivity index (χ0n) is 12.9. The summed E-state index contributed by atoms with van der Waals surface area (Å²) in [6.07, 6.45) is 6.41. The molecule has 0 aliphatic heterocycles. The molecular weight excluding hydrogens is 270 g/mol. The predicted molar refractivity (Wildman–Crippen MR) is 81.0 cm³/mol. The molecule has 1 amide bonds. The smallest absolute Gasteiger partial charge is 0.329 e. The van der Waals surface area contributed by atoms with Crippen molar-refractivity contribution in [2.75, 3.05) is 13.2 Å². The van der Waals surface area contributed by atoms with Crippen molar-refractivity contribution in [2.24, 2.45) is 5.92 Å². The largest absolute Gasteiger partial charge is 0.480 e. The Morgan fingerprint density at radius 3 is 2.62 bits per heavy atom. The van der Waals surface area contributed by atoms with Crippen molar-refractivity contribution in [3.05, 3.63) is 12.7 Å². The molecule has 0 atom stereocenters. The molecule has 21 heavy (non-hydrogen) atoms. The Kier molecular flexibility index (Phi) is 7.43. The molecule has 0 aromatic heterocycles. The van der Waals surface area contributed by atoms with Crippen LogP contribution in [0.2, 0.25) is 0 Å². The van der Waals surface area contributed by atoms with Crippen molar-refractivity contribution in [2.45, 2.75) is 57.4 Å². The number of carbonyl (C=O) groups is 2. The number of hydrogen-bond donors (Lipinski definition) is 2. The number of rotatable bonds is 9. The van der Waals surface area contributed by atoms with E-state index in [4.69, 9.17) is 4.74 Å². The summed E-state index contributed by atoms with van der Waals surface area (Å²) in [4.78, 5) is 23.5. The monoisotopic (exact) mass is 297 g/mol. The summed E-state index contributed by atoms with van der Waals surface area (Å²) in [5.41, 5.74) is -1.06. The van der Waals surface area contributed by atoms with E-state index in [0.717, 1.165) is 19.3 Å². The lowest BCUT2D eigenvalue weighted by atomic mass is 9.75. The van der Waals surface area contributed by atoms with Crippen LogP contribution in [0, 0.1) is 5.92 Å². The van der Waals surface area contributed by atoms with E-state index in [9.17, 15) is 14.7 Å². The van der Waals surface area contributed by atoms with Crippen molar-refractivity contribution in [3.8, 4) is 0 Å². The van der Waals surface area contributed by atoms with E-state index >= 15 is 0 Å². The van der Waals surface area contributed by atoms with Gasteiger partial charge in [-0.15, -0.1) is 6.58 Å². The first-order valence-corrected chi connectivity index (χ1v) is 7.77. The SMILES string of the molecule is C=CCOCCCC(=O)NC1(C(=O)O)CCC(CC)CC1. The normalized spacial score (nSPS) is 25.3. The zero-order chi connectivity index (χ0) is 15.7. The second-order valence-corrected chi connectivity index (χ2v) is 5.75. The minimum atomic E-state index is -1.06. The van der Waals surface area contributed by atoms with Crippen molar-refractivity contribution in [1.29, 1.82) is 0 Å². The average Bonchev–Trinajstić information content (AvgIpc) is 2.47. The maximum absolute atomic E-state index is 12.0. The summed E-state index contributed by atoms with van der Waals surface area (Å²) in [6.45, 7) is 6.62. The van der Waals surface area contributed by atoms with Gasteiger partial charge in [-0.2, -0.15) is 0 Å². The summed E-state index contributed by atoms with van der Waals surface area (Å²) in [5, 5.41) is 12.2. The Morgan fingerprint density at radius 1 is 1.43 bits per heavy atom. The van der Waals surface area contributed by atoms with Crippen molar-refractivity contribution < 1.29 is 19.4 Å². The molecule has 0 heterocycles. The maximum Gasteiger partial charge on any atom is 0.329 e. The standard InChI is InChI=1S/C16H27NO4/c1-3-11-21-12-5-6-14(18)17-16(15(19)20)9-7-13(4-2)8-10-16/h3,13H,1,4-12H2,2H3,(H,17,18)(H,19,20). The van der Waals surface area contributed by atoms with Gasteiger partial charge in [0.15, 0.2) is 0 Å². The Morgan fingerprint density at radius 2 is 2.10 bits per heavy atom. The molecule has 1 saturated carbocycles. The maximum atomic E-state index is 12.0. The lowest BCUT2D eigenvalue weighted by Crippen LogP contribution is -2.56. The van der Waals surface area contributed by atoms with Gasteiger partial charge in [-0.1, -0.05) is 19.4 Å². The first-order valence-electron chi connectivity index (χ1n) is 7.77. The molecule has 5 nitrogen and oxygen atoms in total. The third-order valence-corrected chi connectivity index (χ3v) is 4.25. The van der Waals surface area contributed by atoms with Crippen LogP contribution in [0.3, 0.4) is 0 Å². The van der Waals surface area contributed by atoms with E-state index in [1.807, 2.05) is 0 Å². The summed E-state index contributed by atoms with van der Waals surface area (Å²) in [7, 11) is 0. The molecule has 0 spiro atoms. The van der Waals surface area contributed by atoms with Crippen LogP contribution in [-0.2, 0) is 14.3 Å². The molecule has 0 aromatic rings. The highest BCUT2D eigenvalue weighted by Crippen LogP contribution is 2.34. The Labute approximate surface area is 126 Å². The molecule has 2 N–H and O–H groups in total. The van der Waals surface area contributed by atoms with Crippen LogP contribution in [0.4, 0.5) is 0 Å². The third-order valence-electron chi connectivity index (χ3n) is 4.25. The van der Waals surface area contributed by atoms with Gasteiger partial charge in [0.1, 0.15) is 5.54 Å². The number of amides is 1. The number of carboxylic acids is 1. The number of carboxylic acid groups (broad SMARTS) is 1. The molecule has 1 fully saturated rings. The van der Waals surface area contributed by atoms with Crippen LogP contribution >= 0.6 is 0 Å². The summed E-state index contributed by atoms with van der Waals surface area (Å²) < 4.78 is 5.21. The predicted octanol–water partition coefficient (Wildman–Crippen LogP) is 2.51. The minimum absolute atomic E-state index is 0.199. The van der Waals surface area contributed by atoms with Crippen LogP contribution in [0.1, 0.15) is 51.9 Å². The lowest BCUT2D eigenvalue weighted by molar-refractivity contribution is -0.149. The average molecular weight is 297 g/mol. The molecule has 1 aliphatic carbocycles. The van der Waals surface area contributed by atoms with E-state index in [2.05, 4.69) is 18.8 Å². The quantitative estimate of drug-likeness (QED) is 0.506. The Hall–Kier alpha value is -1.36. The van der Waals surface area contributed by atoms with Gasteiger partial charge in [0, 0.05) is 13.0 Å². The molecule has 0 radical (unpaired) electrons. The number of nitrogens with one attached hydrogen (secondary N) is 1. The first-order chi connectivity index (χ1) is 10.0. The van der Waals surface area contributed by atoms with Crippen LogP contribution in [0.5, 0.6) is 0 Å². The van der Waals surface area contributed by atoms with Crippen LogP contribution in [0.25, 0.3) is 0 Å². The highest BCUT2D eigenvalue weighted by Gasteiger charge is 2.42. The molecular formula is C16H27NO4. The van der Waals surface area contributed by atoms with Gasteiger partial charge in [-0.05, 0) is 38.0 Å². The second-order valence-electron chi connectivity index (χ2n) is 5.75. The van der Waals surface area contributed by atoms with Crippen LogP contribution in [0.15, 0.2) is 12.7 Å². The van der Waals surface area contributed by atoms with Gasteiger partial charge in [-0.25, -0.2) is 4.79 Å². The fourth-order valence-electron chi connectivity index (χ4n) is 2.80. The highest BCUT2D eigenvalue weighted by atomic mass is 16.5. The Bertz CT molecular complexity index is 359. The first kappa shape index (κ1) is 17.7. The number of aliphatic carboxylic acids is 1. The molecule has 1 rings (SSSR count). The number of ether oxygens (including phenoxy) is 1. The molecule has 120 valence electrons. The fraction of sp³-hybridized carbons (Fsp3) is 0.750. The summed E-state index contributed by atoms with van der Waals surface area (Å²) in [6, 6.07) is 0. The van der Waals surface area contributed by atoms with Gasteiger partial charge < -0.3 is 15.2 Å². The molecule has 5 heteroatoms. The highest BCUT2D eigenvalue weighted by molar-refractivity contribution is 5.87. The topological polar surface area (TPSA) is 75.6 Å². The lowest BCUT2D eigenvalue weighted by Gasteiger charge is -2.37. The van der Waals surface area contributed by atoms with Crippen molar-refractivity contribution >= 4 is 11.9 Å². The number of carbonyl (C=O) groups excluding carboxylic acids is 1. The van der Waals surface area contributed by atoms with E-state index in [1.54, 1.807) is 6.08 Å². The molecule has 0 unspecified atom stereocenters. The minimum Gasteiger partial charge on any atom is -0.480 e. The second kappa shape index (κ2) is 8.82. The van der Waals surface area contributed by atoms with Gasteiger partial charge in [0.05, 0.1) is 6.61 Å². The van der Waals surface area contributed by atoms with E-state index in [-0.39, 0.29) is 5.91 Å². The molecule has 0 bridgehead atoms. The Balaban J connectivity index is 2.42. The van der Waals surface area contributed by atoms with Crippen LogP contribution < -0.4 is 5.32 Å². The van der Waals surface area contributed by atoms with E-state index in [1.165, 1.54) is 0 Å². The van der Waals surface area contributed by atoms with Crippen molar-refractivity contribution in [1.82, 2.24) is 5.32 Å². The number of hydrogen-bond acceptors (Lipinski definition) is 3. The van der Waals surface area contributed by atoms with Gasteiger partial charge in [-0.3, -0.25) is 4.79 Å². The molecule has 0 saturated heterocycles. The fourth-order valence-corrected chi connectivity index (χ4v) is 2.80. The van der Waals surface area contributed by atoms with Crippen molar-refractivity contribution in [3.63, 3.8) is 0 Å². The summed E-state index contributed by atoms with van der Waals surface area (Å²) >= 11 is 0. The molecule has 0 aromatic carbocycles.